The van der Waals surface area contributed by atoms with Crippen molar-refractivity contribution >= 4 is 0 Å². The van der Waals surface area contributed by atoms with Gasteiger partial charge in [0.2, 0.25) is 0 Å². The van der Waals surface area contributed by atoms with Gasteiger partial charge in [-0.3, -0.25) is 0 Å². The van der Waals surface area contributed by atoms with E-state index in [1.807, 2.05) is 18.2 Å². The molecule has 3 nitrogen and oxygen atoms in total. The maximum Gasteiger partial charge on any atom is 0.126 e. The van der Waals surface area contributed by atoms with Crippen LogP contribution in [0.1, 0.15) is 32.3 Å². The summed E-state index contributed by atoms with van der Waals surface area (Å²) in [6.45, 7) is 6.41. The van der Waals surface area contributed by atoms with Crippen LogP contribution < -0.4 is 15.2 Å². The van der Waals surface area contributed by atoms with Crippen molar-refractivity contribution in [2.45, 2.75) is 32.7 Å². The van der Waals surface area contributed by atoms with Crippen LogP contribution in [0.3, 0.4) is 0 Å². The topological polar surface area (TPSA) is 44.5 Å². The Morgan fingerprint density at radius 1 is 1.06 bits per heavy atom. The lowest BCUT2D eigenvalue weighted by atomic mass is 9.86. The van der Waals surface area contributed by atoms with E-state index >= 15 is 0 Å². The van der Waals surface area contributed by atoms with Crippen molar-refractivity contribution in [2.24, 2.45) is 11.7 Å². The molecule has 0 aliphatic heterocycles. The molecular weight excluding hydrogens is 214 g/mol. The standard InChI is InChI=1S/C14H23NO2/c1-9(2)14(15)10(3)12-7-6-11(16-4)8-13(12)17-5/h6-10,14H,15H2,1-5H3. The smallest absolute Gasteiger partial charge is 0.126 e. The number of nitrogens with two attached hydrogens (primary N) is 1. The van der Waals surface area contributed by atoms with Crippen molar-refractivity contribution in [3.8, 4) is 11.5 Å². The number of rotatable bonds is 5. The van der Waals surface area contributed by atoms with Crippen molar-refractivity contribution < 1.29 is 9.47 Å². The quantitative estimate of drug-likeness (QED) is 0.856. The predicted molar refractivity (Wildman–Crippen MR) is 70.8 cm³/mol. The fourth-order valence-electron chi connectivity index (χ4n) is 1.98. The van der Waals surface area contributed by atoms with Crippen LogP contribution in [0.2, 0.25) is 0 Å². The van der Waals surface area contributed by atoms with Gasteiger partial charge >= 0.3 is 0 Å². The lowest BCUT2D eigenvalue weighted by Gasteiger charge is -2.25. The summed E-state index contributed by atoms with van der Waals surface area (Å²) in [5.41, 5.74) is 7.33. The van der Waals surface area contributed by atoms with E-state index in [-0.39, 0.29) is 12.0 Å². The van der Waals surface area contributed by atoms with E-state index in [1.165, 1.54) is 0 Å². The molecule has 0 heterocycles. The van der Waals surface area contributed by atoms with Gasteiger partial charge in [0, 0.05) is 18.0 Å². The number of hydrogen-bond donors (Lipinski definition) is 1. The highest BCUT2D eigenvalue weighted by Crippen LogP contribution is 2.33. The van der Waals surface area contributed by atoms with Crippen molar-refractivity contribution in [3.05, 3.63) is 23.8 Å². The van der Waals surface area contributed by atoms with Gasteiger partial charge in [-0.2, -0.15) is 0 Å². The molecule has 1 aromatic carbocycles. The minimum atomic E-state index is 0.122. The Hall–Kier alpha value is -1.22. The monoisotopic (exact) mass is 237 g/mol. The number of benzene rings is 1. The molecule has 0 saturated carbocycles. The normalized spacial score (nSPS) is 14.5. The Balaban J connectivity index is 3.04. The third-order valence-electron chi connectivity index (χ3n) is 3.28. The average Bonchev–Trinajstić information content (AvgIpc) is 2.35. The fraction of sp³-hybridized carbons (Fsp3) is 0.571. The van der Waals surface area contributed by atoms with Gasteiger partial charge in [0.25, 0.3) is 0 Å². The van der Waals surface area contributed by atoms with E-state index in [0.29, 0.717) is 5.92 Å². The van der Waals surface area contributed by atoms with Crippen LogP contribution in [0.5, 0.6) is 11.5 Å². The van der Waals surface area contributed by atoms with E-state index in [9.17, 15) is 0 Å². The van der Waals surface area contributed by atoms with Crippen LogP contribution in [-0.2, 0) is 0 Å². The molecule has 0 fully saturated rings. The summed E-state index contributed by atoms with van der Waals surface area (Å²) in [6.07, 6.45) is 0. The first-order valence-electron chi connectivity index (χ1n) is 5.98. The van der Waals surface area contributed by atoms with Gasteiger partial charge in [-0.25, -0.2) is 0 Å². The molecular formula is C14H23NO2. The summed E-state index contributed by atoms with van der Waals surface area (Å²) >= 11 is 0. The Morgan fingerprint density at radius 2 is 1.71 bits per heavy atom. The molecule has 2 N–H and O–H groups in total. The molecule has 0 amide bonds. The molecule has 0 bridgehead atoms. The Kier molecular flexibility index (Phi) is 4.82. The maximum atomic E-state index is 6.20. The van der Waals surface area contributed by atoms with Crippen molar-refractivity contribution in [2.75, 3.05) is 14.2 Å². The van der Waals surface area contributed by atoms with Gasteiger partial charge in [-0.15, -0.1) is 0 Å². The van der Waals surface area contributed by atoms with Gasteiger partial charge in [0.15, 0.2) is 0 Å². The van der Waals surface area contributed by atoms with Gasteiger partial charge in [0.1, 0.15) is 11.5 Å². The number of ether oxygens (including phenoxy) is 2. The van der Waals surface area contributed by atoms with Gasteiger partial charge < -0.3 is 15.2 Å². The van der Waals surface area contributed by atoms with Gasteiger partial charge in [-0.05, 0) is 17.5 Å². The van der Waals surface area contributed by atoms with E-state index in [2.05, 4.69) is 20.8 Å². The molecule has 0 saturated heterocycles. The summed E-state index contributed by atoms with van der Waals surface area (Å²) in [7, 11) is 3.32. The second kappa shape index (κ2) is 5.92. The van der Waals surface area contributed by atoms with Crippen molar-refractivity contribution in [1.82, 2.24) is 0 Å². The lowest BCUT2D eigenvalue weighted by Crippen LogP contribution is -2.32. The highest BCUT2D eigenvalue weighted by molar-refractivity contribution is 5.43. The first-order valence-corrected chi connectivity index (χ1v) is 5.98. The highest BCUT2D eigenvalue weighted by atomic mass is 16.5. The predicted octanol–water partition coefficient (Wildman–Crippen LogP) is 2.79. The maximum absolute atomic E-state index is 6.20. The van der Waals surface area contributed by atoms with Crippen LogP contribution in [0.4, 0.5) is 0 Å². The second-order valence-corrected chi connectivity index (χ2v) is 4.72. The Labute approximate surface area is 104 Å². The molecule has 0 aliphatic rings. The number of methoxy groups -OCH3 is 2. The third kappa shape index (κ3) is 3.13. The third-order valence-corrected chi connectivity index (χ3v) is 3.28. The van der Waals surface area contributed by atoms with E-state index in [1.54, 1.807) is 14.2 Å². The van der Waals surface area contributed by atoms with Gasteiger partial charge in [0.05, 0.1) is 14.2 Å². The van der Waals surface area contributed by atoms with E-state index in [0.717, 1.165) is 17.1 Å². The minimum absolute atomic E-state index is 0.122. The second-order valence-electron chi connectivity index (χ2n) is 4.72. The molecule has 17 heavy (non-hydrogen) atoms. The van der Waals surface area contributed by atoms with Gasteiger partial charge in [-0.1, -0.05) is 26.8 Å². The molecule has 96 valence electrons. The first-order chi connectivity index (χ1) is 8.01. The summed E-state index contributed by atoms with van der Waals surface area (Å²) in [4.78, 5) is 0. The first kappa shape index (κ1) is 13.8. The molecule has 0 aromatic heterocycles. The summed E-state index contributed by atoms with van der Waals surface area (Å²) < 4.78 is 10.6. The van der Waals surface area contributed by atoms with Crippen molar-refractivity contribution in [3.63, 3.8) is 0 Å². The molecule has 2 unspecified atom stereocenters. The summed E-state index contributed by atoms with van der Waals surface area (Å²) in [5.74, 6) is 2.34. The molecule has 3 heteroatoms. The summed E-state index contributed by atoms with van der Waals surface area (Å²) in [6, 6.07) is 6.00. The fourth-order valence-corrected chi connectivity index (χ4v) is 1.98. The molecule has 0 spiro atoms. The molecule has 1 rings (SSSR count). The van der Waals surface area contributed by atoms with Crippen LogP contribution >= 0.6 is 0 Å². The zero-order valence-corrected chi connectivity index (χ0v) is 11.4. The highest BCUT2D eigenvalue weighted by Gasteiger charge is 2.21. The average molecular weight is 237 g/mol. The molecule has 2 atom stereocenters. The van der Waals surface area contributed by atoms with Crippen LogP contribution in [0.25, 0.3) is 0 Å². The SMILES string of the molecule is COc1ccc(C(C)C(N)C(C)C)c(OC)c1. The molecule has 0 radical (unpaired) electrons. The number of hydrogen-bond acceptors (Lipinski definition) is 3. The molecule has 0 aliphatic carbocycles. The zero-order chi connectivity index (χ0) is 13.0. The zero-order valence-electron chi connectivity index (χ0n) is 11.4. The van der Waals surface area contributed by atoms with Crippen molar-refractivity contribution in [1.29, 1.82) is 0 Å². The largest absolute Gasteiger partial charge is 0.497 e. The van der Waals surface area contributed by atoms with E-state index in [4.69, 9.17) is 15.2 Å². The minimum Gasteiger partial charge on any atom is -0.497 e. The Bertz CT molecular complexity index is 363. The van der Waals surface area contributed by atoms with Crippen LogP contribution in [0.15, 0.2) is 18.2 Å². The Morgan fingerprint density at radius 3 is 2.18 bits per heavy atom. The van der Waals surface area contributed by atoms with Crippen LogP contribution in [0, 0.1) is 5.92 Å². The van der Waals surface area contributed by atoms with Crippen LogP contribution in [-0.4, -0.2) is 20.3 Å². The molecule has 1 aromatic rings. The van der Waals surface area contributed by atoms with E-state index < -0.39 is 0 Å². The summed E-state index contributed by atoms with van der Waals surface area (Å²) in [5, 5.41) is 0. The lowest BCUT2D eigenvalue weighted by molar-refractivity contribution is 0.377.